The van der Waals surface area contributed by atoms with Crippen LogP contribution in [0.15, 0.2) is 28.4 Å². The second-order valence-corrected chi connectivity index (χ2v) is 5.10. The van der Waals surface area contributed by atoms with E-state index in [4.69, 9.17) is 11.6 Å². The van der Waals surface area contributed by atoms with Gasteiger partial charge in [0.15, 0.2) is 6.04 Å². The summed E-state index contributed by atoms with van der Waals surface area (Å²) < 4.78 is 39.2. The Kier molecular flexibility index (Phi) is 3.01. The number of anilines is 1. The van der Waals surface area contributed by atoms with E-state index < -0.39 is 41.2 Å². The number of hydrogen-bond donors (Lipinski definition) is 0. The molecule has 1 saturated heterocycles. The number of carbonyl (C=O) groups excluding carboxylic acids is 2. The second kappa shape index (κ2) is 4.52. The molecule has 0 aliphatic carbocycles. The lowest BCUT2D eigenvalue weighted by Gasteiger charge is -2.20. The minimum absolute atomic E-state index is 0.0146. The smallest absolute Gasteiger partial charge is 0.274 e. The van der Waals surface area contributed by atoms with Gasteiger partial charge >= 0.3 is 6.18 Å². The summed E-state index contributed by atoms with van der Waals surface area (Å²) in [6.45, 7) is 0.0146. The summed E-state index contributed by atoms with van der Waals surface area (Å²) in [5, 5.41) is 7.08. The van der Waals surface area contributed by atoms with E-state index in [1.54, 1.807) is 0 Å². The van der Waals surface area contributed by atoms with Crippen molar-refractivity contribution in [2.45, 2.75) is 12.2 Å². The predicted molar refractivity (Wildman–Crippen MR) is 65.9 cm³/mol. The summed E-state index contributed by atoms with van der Waals surface area (Å²) in [7, 11) is 0. The van der Waals surface area contributed by atoms with E-state index in [1.165, 1.54) is 6.07 Å². The summed E-state index contributed by atoms with van der Waals surface area (Å²) in [6, 6.07) is 1.88. The van der Waals surface area contributed by atoms with E-state index in [0.717, 1.165) is 6.07 Å². The summed E-state index contributed by atoms with van der Waals surface area (Å²) in [5.74, 6) is -2.32. The van der Waals surface area contributed by atoms with Gasteiger partial charge in [-0.25, -0.2) is 4.90 Å². The predicted octanol–water partition coefficient (Wildman–Crippen LogP) is 2.68. The Morgan fingerprint density at radius 3 is 2.57 bits per heavy atom. The van der Waals surface area contributed by atoms with Gasteiger partial charge in [0.25, 0.3) is 5.91 Å². The summed E-state index contributed by atoms with van der Waals surface area (Å²) >= 11 is 5.58. The molecule has 0 unspecified atom stereocenters. The highest BCUT2D eigenvalue weighted by Gasteiger charge is 2.52. The SMILES string of the molecule is O=C1[C@H]2CN=N[C@H]2C(=O)N1c1ccc(Cl)cc1C(F)(F)F. The first-order valence-electron chi connectivity index (χ1n) is 5.92. The molecular weight excluding hydrogens is 311 g/mol. The molecule has 2 aliphatic rings. The highest BCUT2D eigenvalue weighted by Crippen LogP contribution is 2.41. The van der Waals surface area contributed by atoms with Crippen LogP contribution in [-0.4, -0.2) is 24.4 Å². The van der Waals surface area contributed by atoms with Crippen molar-refractivity contribution in [2.24, 2.45) is 16.1 Å². The number of imide groups is 1. The van der Waals surface area contributed by atoms with Crippen LogP contribution in [0.2, 0.25) is 5.02 Å². The molecule has 1 fully saturated rings. The van der Waals surface area contributed by atoms with Crippen molar-refractivity contribution >= 4 is 29.1 Å². The van der Waals surface area contributed by atoms with Gasteiger partial charge in [-0.3, -0.25) is 9.59 Å². The van der Waals surface area contributed by atoms with E-state index in [0.29, 0.717) is 11.0 Å². The molecule has 0 N–H and O–H groups in total. The van der Waals surface area contributed by atoms with Crippen molar-refractivity contribution in [3.8, 4) is 0 Å². The van der Waals surface area contributed by atoms with Gasteiger partial charge in [-0.05, 0) is 18.2 Å². The van der Waals surface area contributed by atoms with Crippen LogP contribution >= 0.6 is 11.6 Å². The molecule has 1 aromatic rings. The standard InChI is InChI=1S/C12H7ClF3N3O2/c13-5-1-2-8(7(3-5)12(14,15)16)19-10(20)6-4-17-18-9(6)11(19)21/h1-3,6,9H,4H2/t6-,9+/m0/s1. The van der Waals surface area contributed by atoms with Gasteiger partial charge < -0.3 is 0 Å². The number of benzene rings is 1. The minimum atomic E-state index is -4.74. The lowest BCUT2D eigenvalue weighted by Crippen LogP contribution is -2.33. The van der Waals surface area contributed by atoms with Crippen LogP contribution in [0.25, 0.3) is 0 Å². The number of amides is 2. The fourth-order valence-electron chi connectivity index (χ4n) is 2.41. The molecular formula is C12H7ClF3N3O2. The topological polar surface area (TPSA) is 62.1 Å². The van der Waals surface area contributed by atoms with Crippen LogP contribution in [0.1, 0.15) is 5.56 Å². The monoisotopic (exact) mass is 317 g/mol. The van der Waals surface area contributed by atoms with Gasteiger partial charge in [0, 0.05) is 5.02 Å². The number of rotatable bonds is 1. The average Bonchev–Trinajstić information content (AvgIpc) is 2.95. The molecule has 0 spiro atoms. The molecule has 1 aromatic carbocycles. The van der Waals surface area contributed by atoms with Gasteiger partial charge in [0.05, 0.1) is 23.7 Å². The molecule has 0 aromatic heterocycles. The van der Waals surface area contributed by atoms with E-state index in [9.17, 15) is 22.8 Å². The first kappa shape index (κ1) is 14.0. The third-order valence-corrected chi connectivity index (χ3v) is 3.62. The Morgan fingerprint density at radius 2 is 1.95 bits per heavy atom. The van der Waals surface area contributed by atoms with Crippen LogP contribution in [0.5, 0.6) is 0 Å². The fourth-order valence-corrected chi connectivity index (χ4v) is 2.58. The maximum Gasteiger partial charge on any atom is 0.418 e. The van der Waals surface area contributed by atoms with Crippen molar-refractivity contribution in [2.75, 3.05) is 11.4 Å². The minimum Gasteiger partial charge on any atom is -0.274 e. The largest absolute Gasteiger partial charge is 0.418 e. The van der Waals surface area contributed by atoms with Gasteiger partial charge in [-0.1, -0.05) is 11.6 Å². The number of azo groups is 1. The Bertz CT molecular complexity index is 674. The fraction of sp³-hybridized carbons (Fsp3) is 0.333. The third-order valence-electron chi connectivity index (χ3n) is 3.38. The van der Waals surface area contributed by atoms with Gasteiger partial charge in [-0.15, -0.1) is 0 Å². The number of nitrogens with zero attached hydrogens (tertiary/aromatic N) is 3. The van der Waals surface area contributed by atoms with E-state index in [1.807, 2.05) is 0 Å². The molecule has 5 nitrogen and oxygen atoms in total. The summed E-state index contributed by atoms with van der Waals surface area (Å²) in [5.41, 5.74) is -1.65. The molecule has 0 bridgehead atoms. The lowest BCUT2D eigenvalue weighted by atomic mass is 10.1. The maximum absolute atomic E-state index is 13.1. The molecule has 0 saturated carbocycles. The first-order valence-corrected chi connectivity index (χ1v) is 6.29. The highest BCUT2D eigenvalue weighted by molar-refractivity contribution is 6.31. The van der Waals surface area contributed by atoms with Crippen molar-refractivity contribution in [1.82, 2.24) is 0 Å². The zero-order valence-corrected chi connectivity index (χ0v) is 11.0. The molecule has 2 atom stereocenters. The van der Waals surface area contributed by atoms with Crippen LogP contribution in [-0.2, 0) is 15.8 Å². The zero-order valence-electron chi connectivity index (χ0n) is 10.3. The van der Waals surface area contributed by atoms with E-state index in [-0.39, 0.29) is 11.6 Å². The number of alkyl halides is 3. The third kappa shape index (κ3) is 2.10. The van der Waals surface area contributed by atoms with Crippen molar-refractivity contribution in [3.63, 3.8) is 0 Å². The molecule has 2 heterocycles. The van der Waals surface area contributed by atoms with E-state index in [2.05, 4.69) is 10.2 Å². The van der Waals surface area contributed by atoms with Crippen LogP contribution < -0.4 is 4.90 Å². The van der Waals surface area contributed by atoms with Crippen LogP contribution in [0, 0.1) is 5.92 Å². The molecule has 110 valence electrons. The number of halogens is 4. The highest BCUT2D eigenvalue weighted by atomic mass is 35.5. The van der Waals surface area contributed by atoms with Crippen molar-refractivity contribution in [1.29, 1.82) is 0 Å². The summed E-state index contributed by atoms with van der Waals surface area (Å²) in [4.78, 5) is 24.8. The first-order chi connectivity index (χ1) is 9.80. The molecule has 21 heavy (non-hydrogen) atoms. The Labute approximate surface area is 121 Å². The lowest BCUT2D eigenvalue weighted by molar-refractivity contribution is -0.137. The van der Waals surface area contributed by atoms with Gasteiger partial charge in [-0.2, -0.15) is 23.4 Å². The van der Waals surface area contributed by atoms with Gasteiger partial charge in [0.2, 0.25) is 5.91 Å². The Hall–Kier alpha value is -1.96. The molecule has 0 radical (unpaired) electrons. The number of carbonyl (C=O) groups is 2. The Morgan fingerprint density at radius 1 is 1.24 bits per heavy atom. The average molecular weight is 318 g/mol. The van der Waals surface area contributed by atoms with Crippen LogP contribution in [0.4, 0.5) is 18.9 Å². The number of hydrogen-bond acceptors (Lipinski definition) is 4. The molecule has 2 aliphatic heterocycles. The molecule has 9 heteroatoms. The van der Waals surface area contributed by atoms with E-state index >= 15 is 0 Å². The zero-order chi connectivity index (χ0) is 15.4. The molecule has 3 rings (SSSR count). The number of fused-ring (bicyclic) bond motifs is 1. The van der Waals surface area contributed by atoms with Crippen molar-refractivity contribution < 1.29 is 22.8 Å². The van der Waals surface area contributed by atoms with Gasteiger partial charge in [0.1, 0.15) is 0 Å². The second-order valence-electron chi connectivity index (χ2n) is 4.66. The summed E-state index contributed by atoms with van der Waals surface area (Å²) in [6.07, 6.45) is -4.74. The quantitative estimate of drug-likeness (QED) is 0.748. The van der Waals surface area contributed by atoms with Crippen molar-refractivity contribution in [3.05, 3.63) is 28.8 Å². The normalized spacial score (nSPS) is 24.9. The maximum atomic E-state index is 13.1. The van der Waals surface area contributed by atoms with Crippen LogP contribution in [0.3, 0.4) is 0 Å². The Balaban J connectivity index is 2.11. The molecule has 2 amide bonds.